The van der Waals surface area contributed by atoms with Crippen molar-refractivity contribution in [1.82, 2.24) is 5.06 Å². The third kappa shape index (κ3) is 3.37. The summed E-state index contributed by atoms with van der Waals surface area (Å²) < 4.78 is 12.0. The number of primary amides is 1. The Bertz CT molecular complexity index is 689. The second kappa shape index (κ2) is 7.04. The highest BCUT2D eigenvalue weighted by atomic mass is 35.5. The Labute approximate surface area is 136 Å². The minimum atomic E-state index is -0.909. The van der Waals surface area contributed by atoms with Crippen LogP contribution < -0.4 is 15.2 Å². The van der Waals surface area contributed by atoms with Crippen molar-refractivity contribution in [3.63, 3.8) is 0 Å². The van der Waals surface area contributed by atoms with Gasteiger partial charge in [0.15, 0.2) is 11.5 Å². The third-order valence-corrected chi connectivity index (χ3v) is 4.32. The second-order valence-electron chi connectivity index (χ2n) is 4.40. The first-order chi connectivity index (χ1) is 10.5. The first-order valence-electron chi connectivity index (χ1n) is 6.74. The molecule has 1 aromatic carbocycles. The van der Waals surface area contributed by atoms with E-state index in [1.165, 1.54) is 11.3 Å². The first kappa shape index (κ1) is 16.7. The quantitative estimate of drug-likeness (QED) is 0.619. The van der Waals surface area contributed by atoms with Gasteiger partial charge in [-0.15, -0.1) is 11.3 Å². The lowest BCUT2D eigenvalue weighted by Gasteiger charge is -2.12. The molecule has 0 atom stereocenters. The van der Waals surface area contributed by atoms with Crippen LogP contribution in [0.1, 0.15) is 18.7 Å². The summed E-state index contributed by atoms with van der Waals surface area (Å²) in [5, 5.41) is 11.1. The number of carbonyl (C=O) groups excluding carboxylic acids is 1. The number of halogens is 1. The van der Waals surface area contributed by atoms with Gasteiger partial charge in [-0.2, -0.15) is 0 Å². The average Bonchev–Trinajstić information content (AvgIpc) is 2.86. The Hall–Kier alpha value is -1.70. The molecular weight excluding hydrogens is 328 g/mol. The second-order valence-corrected chi connectivity index (χ2v) is 5.95. The molecule has 3 N–H and O–H groups in total. The molecule has 0 fully saturated rings. The number of benzene rings is 1. The van der Waals surface area contributed by atoms with Gasteiger partial charge in [0.05, 0.1) is 24.8 Å². The molecule has 0 aliphatic heterocycles. The number of fused-ring (bicyclic) bond motifs is 1. The molecule has 0 aliphatic rings. The molecule has 0 aliphatic carbocycles. The molecule has 0 bridgehead atoms. The zero-order valence-corrected chi connectivity index (χ0v) is 13.8. The predicted octanol–water partition coefficient (Wildman–Crippen LogP) is 3.62. The van der Waals surface area contributed by atoms with Gasteiger partial charge in [0.25, 0.3) is 0 Å². The zero-order valence-electron chi connectivity index (χ0n) is 12.3. The number of thiophene rings is 1. The molecule has 22 heavy (non-hydrogen) atoms. The molecule has 6 nitrogen and oxygen atoms in total. The number of hydrogen-bond acceptors (Lipinski definition) is 5. The molecule has 2 amide bonds. The van der Waals surface area contributed by atoms with E-state index in [4.69, 9.17) is 26.8 Å². The van der Waals surface area contributed by atoms with Gasteiger partial charge < -0.3 is 15.2 Å². The number of nitrogens with zero attached hydrogens (tertiary/aromatic N) is 1. The van der Waals surface area contributed by atoms with Gasteiger partial charge in [-0.3, -0.25) is 5.21 Å². The lowest BCUT2D eigenvalue weighted by atomic mass is 10.2. The summed E-state index contributed by atoms with van der Waals surface area (Å²) in [5.41, 5.74) is 5.01. The van der Waals surface area contributed by atoms with E-state index >= 15 is 0 Å². The van der Waals surface area contributed by atoms with E-state index in [9.17, 15) is 10.0 Å². The van der Waals surface area contributed by atoms with Gasteiger partial charge >= 0.3 is 6.03 Å². The van der Waals surface area contributed by atoms with Crippen molar-refractivity contribution in [2.75, 3.05) is 13.2 Å². The highest BCUT2D eigenvalue weighted by molar-refractivity contribution is 7.19. The Morgan fingerprint density at radius 1 is 1.36 bits per heavy atom. The van der Waals surface area contributed by atoms with Crippen molar-refractivity contribution < 1.29 is 19.5 Å². The molecule has 0 saturated heterocycles. The summed E-state index contributed by atoms with van der Waals surface area (Å²) >= 11 is 7.80. The van der Waals surface area contributed by atoms with Gasteiger partial charge in [0.1, 0.15) is 0 Å². The standard InChI is InChI=1S/C14H17ClN2O4S/c1-3-20-10-6-11-9(12(15)13(10)21-4-2)5-8(22-11)7-17(19)14(16)18/h5-6,19H,3-4,7H2,1-2H3,(H2,16,18). The van der Waals surface area contributed by atoms with E-state index in [1.54, 1.807) is 6.07 Å². The zero-order chi connectivity index (χ0) is 16.3. The Morgan fingerprint density at radius 2 is 2.05 bits per heavy atom. The van der Waals surface area contributed by atoms with E-state index < -0.39 is 6.03 Å². The molecule has 0 spiro atoms. The maximum absolute atomic E-state index is 10.9. The summed E-state index contributed by atoms with van der Waals surface area (Å²) in [6.07, 6.45) is 0. The van der Waals surface area contributed by atoms with Crippen molar-refractivity contribution in [1.29, 1.82) is 0 Å². The van der Waals surface area contributed by atoms with Crippen LogP contribution in [0.2, 0.25) is 5.02 Å². The van der Waals surface area contributed by atoms with Gasteiger partial charge in [0, 0.05) is 21.0 Å². The molecule has 2 aromatic rings. The van der Waals surface area contributed by atoms with E-state index in [0.29, 0.717) is 34.8 Å². The summed E-state index contributed by atoms with van der Waals surface area (Å²) in [7, 11) is 0. The van der Waals surface area contributed by atoms with Crippen molar-refractivity contribution in [3.8, 4) is 11.5 Å². The molecule has 1 aromatic heterocycles. The number of carbonyl (C=O) groups is 1. The molecule has 2 rings (SSSR count). The largest absolute Gasteiger partial charge is 0.490 e. The minimum absolute atomic E-state index is 0.00105. The highest BCUT2D eigenvalue weighted by Gasteiger charge is 2.18. The Morgan fingerprint density at radius 3 is 2.64 bits per heavy atom. The highest BCUT2D eigenvalue weighted by Crippen LogP contribution is 2.44. The molecule has 8 heteroatoms. The van der Waals surface area contributed by atoms with Crippen LogP contribution in [0.3, 0.4) is 0 Å². The molecule has 0 saturated carbocycles. The van der Waals surface area contributed by atoms with Crippen LogP contribution in [-0.4, -0.2) is 29.5 Å². The summed E-state index contributed by atoms with van der Waals surface area (Å²) in [6, 6.07) is 2.73. The van der Waals surface area contributed by atoms with Crippen LogP contribution in [0.5, 0.6) is 11.5 Å². The van der Waals surface area contributed by atoms with Gasteiger partial charge in [-0.05, 0) is 19.9 Å². The number of hydroxylamine groups is 2. The lowest BCUT2D eigenvalue weighted by molar-refractivity contribution is -0.0462. The van der Waals surface area contributed by atoms with Crippen molar-refractivity contribution >= 4 is 39.1 Å². The minimum Gasteiger partial charge on any atom is -0.490 e. The Kier molecular flexibility index (Phi) is 5.33. The van der Waals surface area contributed by atoms with Crippen molar-refractivity contribution in [2.24, 2.45) is 5.73 Å². The number of rotatable bonds is 6. The van der Waals surface area contributed by atoms with Crippen LogP contribution in [-0.2, 0) is 6.54 Å². The molecule has 1 heterocycles. The topological polar surface area (TPSA) is 85.0 Å². The maximum Gasteiger partial charge on any atom is 0.338 e. The van der Waals surface area contributed by atoms with Crippen LogP contribution in [0.4, 0.5) is 4.79 Å². The predicted molar refractivity (Wildman–Crippen MR) is 86.1 cm³/mol. The van der Waals surface area contributed by atoms with E-state index in [2.05, 4.69) is 0 Å². The maximum atomic E-state index is 10.9. The number of nitrogens with two attached hydrogens (primary N) is 1. The van der Waals surface area contributed by atoms with Gasteiger partial charge in [0.2, 0.25) is 0 Å². The smallest absolute Gasteiger partial charge is 0.338 e. The number of amides is 2. The molecule has 0 unspecified atom stereocenters. The first-order valence-corrected chi connectivity index (χ1v) is 7.93. The third-order valence-electron chi connectivity index (χ3n) is 2.88. The van der Waals surface area contributed by atoms with Gasteiger partial charge in [-0.25, -0.2) is 9.86 Å². The fourth-order valence-electron chi connectivity index (χ4n) is 2.00. The van der Waals surface area contributed by atoms with E-state index in [-0.39, 0.29) is 6.54 Å². The molecular formula is C14H17ClN2O4S. The van der Waals surface area contributed by atoms with Crippen LogP contribution in [0.25, 0.3) is 10.1 Å². The van der Waals surface area contributed by atoms with Crippen LogP contribution >= 0.6 is 22.9 Å². The van der Waals surface area contributed by atoms with Gasteiger partial charge in [-0.1, -0.05) is 11.6 Å². The lowest BCUT2D eigenvalue weighted by Crippen LogP contribution is -2.31. The van der Waals surface area contributed by atoms with E-state index in [1.807, 2.05) is 19.9 Å². The van der Waals surface area contributed by atoms with Crippen LogP contribution in [0, 0.1) is 0 Å². The van der Waals surface area contributed by atoms with E-state index in [0.717, 1.165) is 15.0 Å². The van der Waals surface area contributed by atoms with Crippen LogP contribution in [0.15, 0.2) is 12.1 Å². The van der Waals surface area contributed by atoms with Crippen molar-refractivity contribution in [3.05, 3.63) is 22.0 Å². The summed E-state index contributed by atoms with van der Waals surface area (Å²) in [4.78, 5) is 11.6. The monoisotopic (exact) mass is 344 g/mol. The SMILES string of the molecule is CCOc1cc2sc(CN(O)C(N)=O)cc2c(Cl)c1OCC. The molecule has 120 valence electrons. The summed E-state index contributed by atoms with van der Waals surface area (Å²) in [5.74, 6) is 1.07. The average molecular weight is 345 g/mol. The number of hydrogen-bond donors (Lipinski definition) is 2. The molecule has 0 radical (unpaired) electrons. The van der Waals surface area contributed by atoms with Crippen molar-refractivity contribution in [2.45, 2.75) is 20.4 Å². The normalized spacial score (nSPS) is 10.7. The fraction of sp³-hybridized carbons (Fsp3) is 0.357. The fourth-order valence-corrected chi connectivity index (χ4v) is 3.44. The Balaban J connectivity index is 2.46. The number of urea groups is 1. The number of ether oxygens (including phenoxy) is 2. The summed E-state index contributed by atoms with van der Waals surface area (Å²) in [6.45, 7) is 4.70.